The number of pyridine rings is 2. The van der Waals surface area contributed by atoms with Gasteiger partial charge in [-0.05, 0) is 76.1 Å². The highest BCUT2D eigenvalue weighted by Crippen LogP contribution is 2.32. The fourth-order valence-corrected chi connectivity index (χ4v) is 4.58. The van der Waals surface area contributed by atoms with Crippen molar-refractivity contribution in [3.63, 3.8) is 0 Å². The molecule has 0 aliphatic heterocycles. The Morgan fingerprint density at radius 3 is 2.63 bits per heavy atom. The van der Waals surface area contributed by atoms with Crippen LogP contribution in [0.5, 0.6) is 0 Å². The molecule has 0 saturated heterocycles. The standard InChI is InChI=1S/C27H29N7O/c1-4-5-21-14-24(25(16-28-21)31-20-6-8-23(35)9-7-20)19-10-11-34-22(13-19)15-27(33-34)32-26-12-17(2)29-18(3)30-26/h10-16,20,23,31,35H,6-9H2,1-3H3,(H,29,30,32,33). The van der Waals surface area contributed by atoms with Gasteiger partial charge in [-0.25, -0.2) is 19.5 Å². The van der Waals surface area contributed by atoms with E-state index in [1.165, 1.54) is 0 Å². The smallest absolute Gasteiger partial charge is 0.154 e. The number of aliphatic hydroxyl groups is 1. The quantitative estimate of drug-likeness (QED) is 0.368. The maximum absolute atomic E-state index is 9.87. The number of hydrogen-bond donors (Lipinski definition) is 3. The number of nitrogens with one attached hydrogen (secondary N) is 2. The lowest BCUT2D eigenvalue weighted by atomic mass is 9.92. The minimum Gasteiger partial charge on any atom is -0.393 e. The Bertz CT molecular complexity index is 1400. The SMILES string of the molecule is CC#Cc1cc(-c2ccn3nc(Nc4cc(C)nc(C)n4)cc3c2)c(NC2CCC(O)CC2)cn1. The van der Waals surface area contributed by atoms with Crippen molar-refractivity contribution in [2.24, 2.45) is 0 Å². The van der Waals surface area contributed by atoms with Crippen molar-refractivity contribution in [3.05, 3.63) is 59.9 Å². The van der Waals surface area contributed by atoms with Gasteiger partial charge in [0.05, 0.1) is 23.5 Å². The van der Waals surface area contributed by atoms with Gasteiger partial charge in [0.15, 0.2) is 5.82 Å². The summed E-state index contributed by atoms with van der Waals surface area (Å²) in [7, 11) is 0. The third-order valence-electron chi connectivity index (χ3n) is 6.21. The number of hydrogen-bond acceptors (Lipinski definition) is 7. The first-order chi connectivity index (χ1) is 17.0. The van der Waals surface area contributed by atoms with Crippen molar-refractivity contribution in [2.75, 3.05) is 10.6 Å². The molecular formula is C27H29N7O. The zero-order valence-corrected chi connectivity index (χ0v) is 20.2. The van der Waals surface area contributed by atoms with E-state index >= 15 is 0 Å². The third-order valence-corrected chi connectivity index (χ3v) is 6.21. The van der Waals surface area contributed by atoms with Crippen LogP contribution >= 0.6 is 0 Å². The summed E-state index contributed by atoms with van der Waals surface area (Å²) in [6.07, 6.45) is 7.17. The summed E-state index contributed by atoms with van der Waals surface area (Å²) in [5, 5.41) is 21.5. The van der Waals surface area contributed by atoms with Crippen LogP contribution in [0.3, 0.4) is 0 Å². The van der Waals surface area contributed by atoms with Gasteiger partial charge in [-0.2, -0.15) is 5.10 Å². The van der Waals surface area contributed by atoms with Crippen molar-refractivity contribution in [1.29, 1.82) is 0 Å². The second-order valence-electron chi connectivity index (χ2n) is 9.02. The number of aryl methyl sites for hydroxylation is 2. The molecule has 1 fully saturated rings. The molecule has 5 rings (SSSR count). The van der Waals surface area contributed by atoms with Crippen LogP contribution in [-0.4, -0.2) is 41.8 Å². The predicted octanol–water partition coefficient (Wildman–Crippen LogP) is 4.63. The molecular weight excluding hydrogens is 438 g/mol. The molecule has 0 bridgehead atoms. The molecule has 8 nitrogen and oxygen atoms in total. The first-order valence-electron chi connectivity index (χ1n) is 11.9. The summed E-state index contributed by atoms with van der Waals surface area (Å²) >= 11 is 0. The second-order valence-corrected chi connectivity index (χ2v) is 9.02. The number of aromatic nitrogens is 5. The summed E-state index contributed by atoms with van der Waals surface area (Å²) in [5.41, 5.74) is 5.67. The lowest BCUT2D eigenvalue weighted by Crippen LogP contribution is -2.28. The van der Waals surface area contributed by atoms with Crippen LogP contribution in [0.15, 0.2) is 42.7 Å². The van der Waals surface area contributed by atoms with Crippen LogP contribution in [0.2, 0.25) is 0 Å². The van der Waals surface area contributed by atoms with Crippen LogP contribution in [-0.2, 0) is 0 Å². The molecule has 4 aromatic heterocycles. The Balaban J connectivity index is 1.47. The third kappa shape index (κ3) is 5.26. The zero-order chi connectivity index (χ0) is 24.4. The first kappa shape index (κ1) is 22.8. The van der Waals surface area contributed by atoms with Gasteiger partial charge in [0.1, 0.15) is 17.3 Å². The van der Waals surface area contributed by atoms with Crippen molar-refractivity contribution in [2.45, 2.75) is 58.6 Å². The van der Waals surface area contributed by atoms with Crippen LogP contribution in [0.1, 0.15) is 49.8 Å². The molecule has 3 N–H and O–H groups in total. The predicted molar refractivity (Wildman–Crippen MR) is 138 cm³/mol. The van der Waals surface area contributed by atoms with Crippen molar-refractivity contribution < 1.29 is 5.11 Å². The van der Waals surface area contributed by atoms with Gasteiger partial charge in [-0.1, -0.05) is 5.92 Å². The molecule has 1 saturated carbocycles. The fourth-order valence-electron chi connectivity index (χ4n) is 4.58. The Morgan fingerprint density at radius 2 is 1.86 bits per heavy atom. The van der Waals surface area contributed by atoms with Crippen LogP contribution in [0.25, 0.3) is 16.6 Å². The van der Waals surface area contributed by atoms with Crippen LogP contribution in [0.4, 0.5) is 17.3 Å². The summed E-state index contributed by atoms with van der Waals surface area (Å²) in [4.78, 5) is 13.3. The van der Waals surface area contributed by atoms with Gasteiger partial charge in [-0.15, -0.1) is 0 Å². The summed E-state index contributed by atoms with van der Waals surface area (Å²) < 4.78 is 1.84. The van der Waals surface area contributed by atoms with Crippen LogP contribution in [0, 0.1) is 25.7 Å². The lowest BCUT2D eigenvalue weighted by Gasteiger charge is -2.27. The number of anilines is 3. The maximum atomic E-state index is 9.87. The van der Waals surface area contributed by atoms with Gasteiger partial charge in [-0.3, -0.25) is 0 Å². The van der Waals surface area contributed by atoms with Crippen LogP contribution < -0.4 is 10.6 Å². The minimum absolute atomic E-state index is 0.185. The Morgan fingerprint density at radius 1 is 1.03 bits per heavy atom. The van der Waals surface area contributed by atoms with Crippen molar-refractivity contribution >= 4 is 22.8 Å². The average Bonchev–Trinajstić information content (AvgIpc) is 3.22. The van der Waals surface area contributed by atoms with Crippen molar-refractivity contribution in [1.82, 2.24) is 24.6 Å². The summed E-state index contributed by atoms with van der Waals surface area (Å²) in [6, 6.07) is 10.4. The molecule has 35 heavy (non-hydrogen) atoms. The first-order valence-corrected chi connectivity index (χ1v) is 11.9. The fraction of sp³-hybridized carbons (Fsp3) is 0.333. The Hall–Kier alpha value is -3.96. The monoisotopic (exact) mass is 467 g/mol. The van der Waals surface area contributed by atoms with E-state index in [0.29, 0.717) is 11.9 Å². The Labute approximate surface area is 204 Å². The zero-order valence-electron chi connectivity index (χ0n) is 20.2. The highest BCUT2D eigenvalue weighted by atomic mass is 16.3. The highest BCUT2D eigenvalue weighted by Gasteiger charge is 2.20. The number of nitrogens with zero attached hydrogens (tertiary/aromatic N) is 5. The topological polar surface area (TPSA) is 100 Å². The van der Waals surface area contributed by atoms with E-state index in [1.54, 1.807) is 0 Å². The molecule has 1 aliphatic rings. The number of rotatable bonds is 5. The maximum Gasteiger partial charge on any atom is 0.154 e. The van der Waals surface area contributed by atoms with E-state index in [-0.39, 0.29) is 6.10 Å². The largest absolute Gasteiger partial charge is 0.393 e. The Kier molecular flexibility index (Phi) is 6.34. The average molecular weight is 468 g/mol. The van der Waals surface area contributed by atoms with Gasteiger partial charge < -0.3 is 15.7 Å². The molecule has 1 aliphatic carbocycles. The molecule has 0 unspecified atom stereocenters. The molecule has 4 heterocycles. The minimum atomic E-state index is -0.185. The molecule has 0 spiro atoms. The summed E-state index contributed by atoms with van der Waals surface area (Å²) in [5.74, 6) is 8.16. The number of fused-ring (bicyclic) bond motifs is 1. The van der Waals surface area contributed by atoms with E-state index in [2.05, 4.69) is 54.7 Å². The highest BCUT2D eigenvalue weighted by molar-refractivity contribution is 5.81. The lowest BCUT2D eigenvalue weighted by molar-refractivity contribution is 0.126. The normalized spacial score (nSPS) is 17.6. The van der Waals surface area contributed by atoms with E-state index in [1.807, 2.05) is 55.9 Å². The number of aliphatic hydroxyl groups excluding tert-OH is 1. The summed E-state index contributed by atoms with van der Waals surface area (Å²) in [6.45, 7) is 5.64. The van der Waals surface area contributed by atoms with Gasteiger partial charge in [0.2, 0.25) is 0 Å². The van der Waals surface area contributed by atoms with E-state index in [9.17, 15) is 5.11 Å². The molecule has 0 amide bonds. The van der Waals surface area contributed by atoms with Gasteiger partial charge >= 0.3 is 0 Å². The van der Waals surface area contributed by atoms with E-state index < -0.39 is 0 Å². The molecule has 0 aromatic carbocycles. The van der Waals surface area contributed by atoms with E-state index in [0.717, 1.165) is 71.0 Å². The molecule has 178 valence electrons. The van der Waals surface area contributed by atoms with Crippen molar-refractivity contribution in [3.8, 4) is 23.0 Å². The molecule has 8 heteroatoms. The van der Waals surface area contributed by atoms with Gasteiger partial charge in [0.25, 0.3) is 0 Å². The molecule has 4 aromatic rings. The molecule has 0 atom stereocenters. The molecule has 0 radical (unpaired) electrons. The van der Waals surface area contributed by atoms with Gasteiger partial charge in [0, 0.05) is 35.6 Å². The van der Waals surface area contributed by atoms with E-state index in [4.69, 9.17) is 0 Å². The second kappa shape index (κ2) is 9.72.